The minimum Gasteiger partial charge on any atom is -0.444 e. The first kappa shape index (κ1) is 18.6. The molecule has 0 radical (unpaired) electrons. The molecule has 0 aliphatic rings. The largest absolute Gasteiger partial charge is 0.444 e. The van der Waals surface area contributed by atoms with E-state index in [0.29, 0.717) is 12.6 Å². The van der Waals surface area contributed by atoms with Crippen molar-refractivity contribution in [2.45, 2.75) is 65.6 Å². The van der Waals surface area contributed by atoms with Gasteiger partial charge in [0.1, 0.15) is 5.60 Å². The lowest BCUT2D eigenvalue weighted by atomic mass is 10.2. The van der Waals surface area contributed by atoms with Gasteiger partial charge in [0.25, 0.3) is 0 Å². The van der Waals surface area contributed by atoms with Crippen LogP contribution in [0.15, 0.2) is 0 Å². The van der Waals surface area contributed by atoms with Crippen LogP contribution in [0.3, 0.4) is 0 Å². The van der Waals surface area contributed by atoms with Crippen molar-refractivity contribution >= 4 is 17.9 Å². The van der Waals surface area contributed by atoms with Crippen LogP contribution in [0.2, 0.25) is 0 Å². The first-order chi connectivity index (χ1) is 8.74. The van der Waals surface area contributed by atoms with Crippen molar-refractivity contribution in [2.75, 3.05) is 18.1 Å². The Hall–Kier alpha value is -0.420. The van der Waals surface area contributed by atoms with E-state index in [4.69, 9.17) is 4.74 Å². The zero-order chi connectivity index (χ0) is 14.9. The molecule has 0 aromatic rings. The smallest absolute Gasteiger partial charge is 0.407 e. The van der Waals surface area contributed by atoms with Crippen LogP contribution >= 0.6 is 11.8 Å². The van der Waals surface area contributed by atoms with Crippen molar-refractivity contribution in [2.24, 2.45) is 0 Å². The summed E-state index contributed by atoms with van der Waals surface area (Å²) in [7, 11) is 0. The molecule has 5 heteroatoms. The van der Waals surface area contributed by atoms with E-state index in [-0.39, 0.29) is 12.1 Å². The van der Waals surface area contributed by atoms with Gasteiger partial charge >= 0.3 is 6.09 Å². The van der Waals surface area contributed by atoms with E-state index in [0.717, 1.165) is 6.42 Å². The summed E-state index contributed by atoms with van der Waals surface area (Å²) in [4.78, 5) is 11.5. The van der Waals surface area contributed by atoms with Gasteiger partial charge in [-0.1, -0.05) is 6.92 Å². The highest BCUT2D eigenvalue weighted by atomic mass is 32.2. The molecule has 0 aliphatic heterocycles. The van der Waals surface area contributed by atoms with Crippen LogP contribution in [0.25, 0.3) is 0 Å². The fourth-order valence-electron chi connectivity index (χ4n) is 1.58. The van der Waals surface area contributed by atoms with Crippen molar-refractivity contribution in [1.82, 2.24) is 10.6 Å². The van der Waals surface area contributed by atoms with Crippen LogP contribution < -0.4 is 10.6 Å². The summed E-state index contributed by atoms with van der Waals surface area (Å²) in [5.74, 6) is 2.35. The molecule has 0 rings (SSSR count). The van der Waals surface area contributed by atoms with Gasteiger partial charge in [-0.05, 0) is 52.5 Å². The topological polar surface area (TPSA) is 50.4 Å². The van der Waals surface area contributed by atoms with Gasteiger partial charge in [-0.2, -0.15) is 11.8 Å². The minimum absolute atomic E-state index is 0.245. The molecule has 1 amide bonds. The van der Waals surface area contributed by atoms with Crippen molar-refractivity contribution in [1.29, 1.82) is 0 Å². The first-order valence-electron chi connectivity index (χ1n) is 7.05. The Bertz CT molecular complexity index is 254. The molecule has 2 atom stereocenters. The van der Waals surface area contributed by atoms with E-state index in [9.17, 15) is 4.79 Å². The molecule has 4 nitrogen and oxygen atoms in total. The highest BCUT2D eigenvalue weighted by Gasteiger charge is 2.16. The van der Waals surface area contributed by atoms with Gasteiger partial charge < -0.3 is 15.4 Å². The van der Waals surface area contributed by atoms with Gasteiger partial charge in [0, 0.05) is 18.6 Å². The standard InChI is InChI=1S/C14H30N2O2S/c1-7-19-9-8-11(2)16-12(3)10-15-13(17)18-14(4,5)6/h11-12,16H,7-10H2,1-6H3,(H,15,17). The van der Waals surface area contributed by atoms with Crippen LogP contribution in [-0.2, 0) is 4.74 Å². The van der Waals surface area contributed by atoms with Gasteiger partial charge in [0.05, 0.1) is 0 Å². The van der Waals surface area contributed by atoms with Gasteiger partial charge in [-0.15, -0.1) is 0 Å². The van der Waals surface area contributed by atoms with Gasteiger partial charge in [0.15, 0.2) is 0 Å². The summed E-state index contributed by atoms with van der Waals surface area (Å²) >= 11 is 1.96. The lowest BCUT2D eigenvalue weighted by molar-refractivity contribution is 0.0522. The third kappa shape index (κ3) is 12.4. The normalized spacial score (nSPS) is 14.8. The molecule has 0 aromatic carbocycles. The number of carbonyl (C=O) groups excluding carboxylic acids is 1. The Morgan fingerprint density at radius 2 is 1.89 bits per heavy atom. The SMILES string of the molecule is CCSCCC(C)NC(C)CNC(=O)OC(C)(C)C. The highest BCUT2D eigenvalue weighted by molar-refractivity contribution is 7.99. The van der Waals surface area contributed by atoms with E-state index in [1.807, 2.05) is 32.5 Å². The lowest BCUT2D eigenvalue weighted by Crippen LogP contribution is -2.44. The van der Waals surface area contributed by atoms with E-state index in [2.05, 4.69) is 31.4 Å². The second-order valence-electron chi connectivity index (χ2n) is 5.84. The minimum atomic E-state index is -0.439. The monoisotopic (exact) mass is 290 g/mol. The molecule has 0 bridgehead atoms. The number of alkyl carbamates (subject to hydrolysis) is 1. The van der Waals surface area contributed by atoms with Crippen LogP contribution in [0.5, 0.6) is 0 Å². The van der Waals surface area contributed by atoms with Crippen LogP contribution in [0.4, 0.5) is 4.79 Å². The Balaban J connectivity index is 3.74. The number of carbonyl (C=O) groups is 1. The number of amides is 1. The van der Waals surface area contributed by atoms with E-state index in [1.165, 1.54) is 11.5 Å². The quantitative estimate of drug-likeness (QED) is 0.675. The van der Waals surface area contributed by atoms with Crippen molar-refractivity contribution in [3.8, 4) is 0 Å². The first-order valence-corrected chi connectivity index (χ1v) is 8.20. The molecule has 0 aromatic heterocycles. The number of hydrogen-bond donors (Lipinski definition) is 2. The number of ether oxygens (including phenoxy) is 1. The van der Waals surface area contributed by atoms with E-state index >= 15 is 0 Å². The van der Waals surface area contributed by atoms with Crippen molar-refractivity contribution < 1.29 is 9.53 Å². The summed E-state index contributed by atoms with van der Waals surface area (Å²) in [5.41, 5.74) is -0.439. The second-order valence-corrected chi connectivity index (χ2v) is 7.23. The second kappa shape index (κ2) is 9.48. The van der Waals surface area contributed by atoms with Crippen LogP contribution in [-0.4, -0.2) is 41.8 Å². The van der Waals surface area contributed by atoms with Gasteiger partial charge in [-0.25, -0.2) is 4.79 Å². The Labute approximate surface area is 122 Å². The molecule has 114 valence electrons. The number of nitrogens with one attached hydrogen (secondary N) is 2. The molecular formula is C14H30N2O2S. The Kier molecular flexibility index (Phi) is 9.27. The zero-order valence-electron chi connectivity index (χ0n) is 13.2. The Morgan fingerprint density at radius 1 is 1.26 bits per heavy atom. The summed E-state index contributed by atoms with van der Waals surface area (Å²) in [6, 6.07) is 0.712. The molecule has 0 spiro atoms. The molecule has 0 saturated carbocycles. The van der Waals surface area contributed by atoms with Gasteiger partial charge in [0.2, 0.25) is 0 Å². The van der Waals surface area contributed by atoms with Crippen LogP contribution in [0, 0.1) is 0 Å². The molecule has 0 heterocycles. The predicted molar refractivity (Wildman–Crippen MR) is 83.9 cm³/mol. The summed E-state index contributed by atoms with van der Waals surface area (Å²) in [5, 5.41) is 6.26. The number of thioether (sulfide) groups is 1. The average molecular weight is 290 g/mol. The maximum Gasteiger partial charge on any atom is 0.407 e. The van der Waals surface area contributed by atoms with Crippen LogP contribution in [0.1, 0.15) is 48.0 Å². The molecule has 2 unspecified atom stereocenters. The summed E-state index contributed by atoms with van der Waals surface area (Å²) in [6.07, 6.45) is 0.797. The number of hydrogen-bond acceptors (Lipinski definition) is 4. The molecular weight excluding hydrogens is 260 g/mol. The highest BCUT2D eigenvalue weighted by Crippen LogP contribution is 2.06. The van der Waals surface area contributed by atoms with Gasteiger partial charge in [-0.3, -0.25) is 0 Å². The molecule has 19 heavy (non-hydrogen) atoms. The number of rotatable bonds is 8. The van der Waals surface area contributed by atoms with Crippen molar-refractivity contribution in [3.63, 3.8) is 0 Å². The molecule has 0 fully saturated rings. The van der Waals surface area contributed by atoms with Crippen molar-refractivity contribution in [3.05, 3.63) is 0 Å². The average Bonchev–Trinajstić information content (AvgIpc) is 2.24. The fourth-order valence-corrected chi connectivity index (χ4v) is 2.39. The Morgan fingerprint density at radius 3 is 2.42 bits per heavy atom. The maximum absolute atomic E-state index is 11.5. The van der Waals surface area contributed by atoms with E-state index < -0.39 is 5.60 Å². The fraction of sp³-hybridized carbons (Fsp3) is 0.929. The third-order valence-electron chi connectivity index (χ3n) is 2.42. The zero-order valence-corrected chi connectivity index (χ0v) is 14.0. The molecule has 0 saturated heterocycles. The predicted octanol–water partition coefficient (Wildman–Crippen LogP) is 3.02. The summed E-state index contributed by atoms with van der Waals surface area (Å²) < 4.78 is 5.19. The molecule has 0 aliphatic carbocycles. The summed E-state index contributed by atoms with van der Waals surface area (Å²) in [6.45, 7) is 12.6. The lowest BCUT2D eigenvalue weighted by Gasteiger charge is -2.23. The third-order valence-corrected chi connectivity index (χ3v) is 3.35. The van der Waals surface area contributed by atoms with E-state index in [1.54, 1.807) is 0 Å². The molecule has 2 N–H and O–H groups in total. The maximum atomic E-state index is 11.5.